The standard InChI is InChI=1S/C25H32ClNO3/c1-5-7-10-17(6-2)25(28)27-14-13-18-15-22(29-3)23(30-4)16-20(18)24(27)19-11-8-9-12-21(19)26/h8-9,11-12,15-17,24H,5-7,10,13-14H2,1-4H3/t17-,24-/m0/s1. The molecule has 1 aliphatic rings. The Morgan fingerprint density at radius 1 is 1.13 bits per heavy atom. The Balaban J connectivity index is 2.11. The summed E-state index contributed by atoms with van der Waals surface area (Å²) in [5.74, 6) is 1.64. The molecule has 0 saturated heterocycles. The van der Waals surface area contributed by atoms with E-state index in [9.17, 15) is 4.79 Å². The smallest absolute Gasteiger partial charge is 0.226 e. The quantitative estimate of drug-likeness (QED) is 0.512. The van der Waals surface area contributed by atoms with Crippen LogP contribution in [0.5, 0.6) is 11.5 Å². The van der Waals surface area contributed by atoms with Crippen LogP contribution in [0.1, 0.15) is 62.3 Å². The molecule has 0 aromatic heterocycles. The molecule has 0 aliphatic carbocycles. The van der Waals surface area contributed by atoms with Gasteiger partial charge < -0.3 is 14.4 Å². The van der Waals surface area contributed by atoms with Crippen LogP contribution in [-0.4, -0.2) is 31.6 Å². The van der Waals surface area contributed by atoms with Gasteiger partial charge in [-0.25, -0.2) is 0 Å². The maximum Gasteiger partial charge on any atom is 0.226 e. The average Bonchev–Trinajstić information content (AvgIpc) is 2.78. The van der Waals surface area contributed by atoms with Crippen LogP contribution >= 0.6 is 11.6 Å². The molecule has 2 aromatic rings. The number of benzene rings is 2. The molecule has 1 heterocycles. The Morgan fingerprint density at radius 3 is 2.47 bits per heavy atom. The third-order valence-corrected chi connectivity index (χ3v) is 6.45. The maximum atomic E-state index is 13.6. The van der Waals surface area contributed by atoms with Gasteiger partial charge in [-0.2, -0.15) is 0 Å². The molecule has 2 aromatic carbocycles. The Morgan fingerprint density at radius 2 is 1.83 bits per heavy atom. The second-order valence-electron chi connectivity index (χ2n) is 7.86. The highest BCUT2D eigenvalue weighted by atomic mass is 35.5. The fourth-order valence-electron chi connectivity index (χ4n) is 4.40. The largest absolute Gasteiger partial charge is 0.493 e. The summed E-state index contributed by atoms with van der Waals surface area (Å²) in [6, 6.07) is 11.6. The number of nitrogens with zero attached hydrogens (tertiary/aromatic N) is 1. The first-order valence-corrected chi connectivity index (χ1v) is 11.2. The Kier molecular flexibility index (Phi) is 7.65. The molecule has 0 saturated carbocycles. The average molecular weight is 430 g/mol. The van der Waals surface area contributed by atoms with E-state index >= 15 is 0 Å². The molecule has 3 rings (SSSR count). The summed E-state index contributed by atoms with van der Waals surface area (Å²) in [5.41, 5.74) is 3.18. The van der Waals surface area contributed by atoms with Gasteiger partial charge in [-0.15, -0.1) is 0 Å². The first-order valence-electron chi connectivity index (χ1n) is 10.8. The van der Waals surface area contributed by atoms with Gasteiger partial charge in [0.15, 0.2) is 11.5 Å². The molecule has 0 spiro atoms. The van der Waals surface area contributed by atoms with Gasteiger partial charge in [0.25, 0.3) is 0 Å². The summed E-state index contributed by atoms with van der Waals surface area (Å²) in [6.45, 7) is 4.94. The molecule has 0 unspecified atom stereocenters. The van der Waals surface area contributed by atoms with E-state index in [0.717, 1.165) is 43.2 Å². The van der Waals surface area contributed by atoms with E-state index in [4.69, 9.17) is 21.1 Å². The molecule has 0 radical (unpaired) electrons. The van der Waals surface area contributed by atoms with Crippen molar-refractivity contribution < 1.29 is 14.3 Å². The summed E-state index contributed by atoms with van der Waals surface area (Å²) < 4.78 is 11.1. The molecular weight excluding hydrogens is 398 g/mol. The van der Waals surface area contributed by atoms with Gasteiger partial charge in [0.2, 0.25) is 5.91 Å². The summed E-state index contributed by atoms with van der Waals surface area (Å²) in [7, 11) is 3.28. The third-order valence-electron chi connectivity index (χ3n) is 6.10. The highest BCUT2D eigenvalue weighted by Gasteiger charge is 2.36. The number of amides is 1. The Labute approximate surface area is 185 Å². The number of halogens is 1. The maximum absolute atomic E-state index is 13.6. The van der Waals surface area contributed by atoms with Crippen LogP contribution in [0.15, 0.2) is 36.4 Å². The van der Waals surface area contributed by atoms with Crippen LogP contribution in [0.25, 0.3) is 0 Å². The summed E-state index contributed by atoms with van der Waals surface area (Å²) in [6.07, 6.45) is 4.72. The van der Waals surface area contributed by atoms with Crippen LogP contribution in [0.4, 0.5) is 0 Å². The van der Waals surface area contributed by atoms with Crippen LogP contribution in [-0.2, 0) is 11.2 Å². The number of unbranched alkanes of at least 4 members (excludes halogenated alkanes) is 1. The molecule has 2 atom stereocenters. The number of carbonyl (C=O) groups is 1. The van der Waals surface area contributed by atoms with Crippen molar-refractivity contribution in [3.8, 4) is 11.5 Å². The highest BCUT2D eigenvalue weighted by Crippen LogP contribution is 2.43. The first-order chi connectivity index (χ1) is 14.5. The summed E-state index contributed by atoms with van der Waals surface area (Å²) in [4.78, 5) is 15.7. The van der Waals surface area contributed by atoms with Crippen LogP contribution in [0.2, 0.25) is 5.02 Å². The van der Waals surface area contributed by atoms with Gasteiger partial charge in [-0.1, -0.05) is 56.5 Å². The third kappa shape index (κ3) is 4.44. The predicted octanol–water partition coefficient (Wildman–Crippen LogP) is 6.05. The molecule has 30 heavy (non-hydrogen) atoms. The number of hydrogen-bond acceptors (Lipinski definition) is 3. The minimum absolute atomic E-state index is 0.0385. The van der Waals surface area contributed by atoms with Crippen molar-refractivity contribution in [3.63, 3.8) is 0 Å². The van der Waals surface area contributed by atoms with Crippen LogP contribution in [0.3, 0.4) is 0 Å². The molecule has 5 heteroatoms. The van der Waals surface area contributed by atoms with Crippen molar-refractivity contribution in [2.45, 2.75) is 52.0 Å². The fraction of sp³-hybridized carbons (Fsp3) is 0.480. The number of carbonyl (C=O) groups excluding carboxylic acids is 1. The van der Waals surface area contributed by atoms with E-state index < -0.39 is 0 Å². The van der Waals surface area contributed by atoms with E-state index in [1.54, 1.807) is 14.2 Å². The lowest BCUT2D eigenvalue weighted by Crippen LogP contribution is -2.43. The van der Waals surface area contributed by atoms with Crippen molar-refractivity contribution in [3.05, 3.63) is 58.1 Å². The van der Waals surface area contributed by atoms with E-state index in [-0.39, 0.29) is 17.9 Å². The first kappa shape index (κ1) is 22.5. The lowest BCUT2D eigenvalue weighted by molar-refractivity contribution is -0.138. The van der Waals surface area contributed by atoms with Crippen molar-refractivity contribution in [1.82, 2.24) is 4.90 Å². The van der Waals surface area contributed by atoms with Crippen molar-refractivity contribution in [2.75, 3.05) is 20.8 Å². The topological polar surface area (TPSA) is 38.8 Å². The lowest BCUT2D eigenvalue weighted by atomic mass is 9.86. The van der Waals surface area contributed by atoms with Gasteiger partial charge in [0.05, 0.1) is 20.3 Å². The molecule has 4 nitrogen and oxygen atoms in total. The molecule has 1 aliphatic heterocycles. The molecule has 0 N–H and O–H groups in total. The summed E-state index contributed by atoms with van der Waals surface area (Å²) >= 11 is 6.63. The number of ether oxygens (including phenoxy) is 2. The molecule has 162 valence electrons. The van der Waals surface area contributed by atoms with E-state index in [0.29, 0.717) is 23.1 Å². The SMILES string of the molecule is CCCC[C@H](CC)C(=O)N1CCc2cc(OC)c(OC)cc2[C@@H]1c1ccccc1Cl. The van der Waals surface area contributed by atoms with Gasteiger partial charge in [0, 0.05) is 17.5 Å². The monoisotopic (exact) mass is 429 g/mol. The lowest BCUT2D eigenvalue weighted by Gasteiger charge is -2.40. The highest BCUT2D eigenvalue weighted by molar-refractivity contribution is 6.31. The van der Waals surface area contributed by atoms with Crippen molar-refractivity contribution >= 4 is 17.5 Å². The van der Waals surface area contributed by atoms with Crippen molar-refractivity contribution in [1.29, 1.82) is 0 Å². The van der Waals surface area contributed by atoms with Crippen molar-refractivity contribution in [2.24, 2.45) is 5.92 Å². The molecule has 1 amide bonds. The second kappa shape index (κ2) is 10.2. The fourth-order valence-corrected chi connectivity index (χ4v) is 4.64. The van der Waals surface area contributed by atoms with Crippen LogP contribution < -0.4 is 9.47 Å². The molecule has 0 fully saturated rings. The normalized spacial score (nSPS) is 16.7. The summed E-state index contributed by atoms with van der Waals surface area (Å²) in [5, 5.41) is 0.671. The van der Waals surface area contributed by atoms with E-state index in [1.807, 2.05) is 41.3 Å². The Bertz CT molecular complexity index is 883. The zero-order valence-corrected chi connectivity index (χ0v) is 19.2. The molecule has 0 bridgehead atoms. The van der Waals surface area contributed by atoms with E-state index in [2.05, 4.69) is 13.8 Å². The minimum atomic E-state index is -0.231. The van der Waals surface area contributed by atoms with E-state index in [1.165, 1.54) is 5.56 Å². The molecular formula is C25H32ClNO3. The van der Waals surface area contributed by atoms with Gasteiger partial charge in [0.1, 0.15) is 0 Å². The number of rotatable bonds is 8. The minimum Gasteiger partial charge on any atom is -0.493 e. The zero-order valence-electron chi connectivity index (χ0n) is 18.4. The van der Waals surface area contributed by atoms with Crippen LogP contribution in [0, 0.1) is 5.92 Å². The van der Waals surface area contributed by atoms with Gasteiger partial charge >= 0.3 is 0 Å². The van der Waals surface area contributed by atoms with Gasteiger partial charge in [-0.05, 0) is 54.2 Å². The van der Waals surface area contributed by atoms with Gasteiger partial charge in [-0.3, -0.25) is 4.79 Å². The number of fused-ring (bicyclic) bond motifs is 1. The number of hydrogen-bond donors (Lipinski definition) is 0. The zero-order chi connectivity index (χ0) is 21.7. The number of methoxy groups -OCH3 is 2. The second-order valence-corrected chi connectivity index (χ2v) is 8.27. The Hall–Kier alpha value is -2.20. The predicted molar refractivity (Wildman–Crippen MR) is 122 cm³/mol.